The normalized spacial score (nSPS) is 12.0. The third-order valence-electron chi connectivity index (χ3n) is 3.36. The zero-order chi connectivity index (χ0) is 15.2. The quantitative estimate of drug-likeness (QED) is 0.884. The second-order valence-electron chi connectivity index (χ2n) is 5.02. The molecule has 0 heterocycles. The minimum atomic E-state index is -0.261. The average molecular weight is 286 g/mol. The van der Waals surface area contributed by atoms with Crippen molar-refractivity contribution < 1.29 is 9.18 Å². The Kier molecular flexibility index (Phi) is 5.06. The van der Waals surface area contributed by atoms with Gasteiger partial charge in [-0.15, -0.1) is 0 Å². The molecule has 0 fully saturated rings. The Balaban J connectivity index is 1.86. The number of para-hydroxylation sites is 1. The van der Waals surface area contributed by atoms with Crippen molar-refractivity contribution in [3.05, 3.63) is 65.5 Å². The molecule has 4 heteroatoms. The molecule has 21 heavy (non-hydrogen) atoms. The van der Waals surface area contributed by atoms with Gasteiger partial charge in [0, 0.05) is 11.7 Å². The number of hydrogen-bond acceptors (Lipinski definition) is 2. The molecule has 1 amide bonds. The van der Waals surface area contributed by atoms with Crippen LogP contribution in [0.3, 0.4) is 0 Å². The fraction of sp³-hybridized carbons (Fsp3) is 0.235. The zero-order valence-electron chi connectivity index (χ0n) is 12.2. The fourth-order valence-electron chi connectivity index (χ4n) is 2.02. The first-order chi connectivity index (χ1) is 10.1. The molecular weight excluding hydrogens is 267 g/mol. The average Bonchev–Trinajstić information content (AvgIpc) is 2.48. The van der Waals surface area contributed by atoms with Crippen molar-refractivity contribution in [3.8, 4) is 0 Å². The van der Waals surface area contributed by atoms with Crippen molar-refractivity contribution in [2.75, 3.05) is 11.9 Å². The highest BCUT2D eigenvalue weighted by Crippen LogP contribution is 2.14. The molecule has 1 atom stereocenters. The number of amides is 1. The van der Waals surface area contributed by atoms with Gasteiger partial charge in [0.25, 0.3) is 0 Å². The lowest BCUT2D eigenvalue weighted by Crippen LogP contribution is -2.30. The lowest BCUT2D eigenvalue weighted by atomic mass is 10.1. The van der Waals surface area contributed by atoms with Crippen molar-refractivity contribution >= 4 is 11.6 Å². The van der Waals surface area contributed by atoms with Crippen molar-refractivity contribution in [3.63, 3.8) is 0 Å². The van der Waals surface area contributed by atoms with Crippen LogP contribution in [0.25, 0.3) is 0 Å². The van der Waals surface area contributed by atoms with Crippen molar-refractivity contribution in [2.24, 2.45) is 0 Å². The minimum Gasteiger partial charge on any atom is -0.325 e. The number of benzene rings is 2. The summed E-state index contributed by atoms with van der Waals surface area (Å²) in [6, 6.07) is 13.9. The van der Waals surface area contributed by atoms with E-state index in [4.69, 9.17) is 0 Å². The molecule has 2 rings (SSSR count). The second-order valence-corrected chi connectivity index (χ2v) is 5.02. The molecule has 2 aromatic carbocycles. The largest absolute Gasteiger partial charge is 0.325 e. The van der Waals surface area contributed by atoms with Gasteiger partial charge >= 0.3 is 0 Å². The summed E-state index contributed by atoms with van der Waals surface area (Å²) in [7, 11) is 0. The standard InChI is InChI=1S/C17H19FN2O/c1-12-5-3-4-6-16(12)20-17(21)11-19-13(2)14-7-9-15(18)10-8-14/h3-10,13,19H,11H2,1-2H3,(H,20,21)/t13-/m1/s1. The van der Waals surface area contributed by atoms with Crippen molar-refractivity contribution in [1.29, 1.82) is 0 Å². The molecule has 0 aromatic heterocycles. The molecule has 0 spiro atoms. The third kappa shape index (κ3) is 4.39. The molecule has 110 valence electrons. The van der Waals surface area contributed by atoms with Crippen molar-refractivity contribution in [2.45, 2.75) is 19.9 Å². The van der Waals surface area contributed by atoms with E-state index in [-0.39, 0.29) is 24.3 Å². The molecule has 0 aliphatic heterocycles. The summed E-state index contributed by atoms with van der Waals surface area (Å²) in [4.78, 5) is 11.9. The van der Waals surface area contributed by atoms with Crippen LogP contribution in [0.1, 0.15) is 24.1 Å². The van der Waals surface area contributed by atoms with E-state index >= 15 is 0 Å². The number of carbonyl (C=O) groups is 1. The summed E-state index contributed by atoms with van der Waals surface area (Å²) >= 11 is 0. The molecule has 0 saturated carbocycles. The van der Waals surface area contributed by atoms with Crippen LogP contribution in [0, 0.1) is 12.7 Å². The Hall–Kier alpha value is -2.20. The fourth-order valence-corrected chi connectivity index (χ4v) is 2.02. The number of hydrogen-bond donors (Lipinski definition) is 2. The van der Waals surface area contributed by atoms with E-state index in [9.17, 15) is 9.18 Å². The minimum absolute atomic E-state index is 0.0202. The third-order valence-corrected chi connectivity index (χ3v) is 3.36. The smallest absolute Gasteiger partial charge is 0.238 e. The van der Waals surface area contributed by atoms with Crippen LogP contribution in [-0.2, 0) is 4.79 Å². The molecule has 0 aliphatic rings. The van der Waals surface area contributed by atoms with Crippen LogP contribution in [0.4, 0.5) is 10.1 Å². The summed E-state index contributed by atoms with van der Waals surface area (Å²) in [5.41, 5.74) is 2.79. The summed E-state index contributed by atoms with van der Waals surface area (Å²) in [5, 5.41) is 5.99. The van der Waals surface area contributed by atoms with Gasteiger partial charge < -0.3 is 10.6 Å². The second kappa shape index (κ2) is 6.99. The van der Waals surface area contributed by atoms with Gasteiger partial charge in [0.2, 0.25) is 5.91 Å². The number of rotatable bonds is 5. The van der Waals surface area contributed by atoms with E-state index in [2.05, 4.69) is 10.6 Å². The predicted molar refractivity (Wildman–Crippen MR) is 82.6 cm³/mol. The Morgan fingerprint density at radius 1 is 1.14 bits per heavy atom. The number of nitrogens with one attached hydrogen (secondary N) is 2. The molecule has 0 bridgehead atoms. The highest BCUT2D eigenvalue weighted by Gasteiger charge is 2.08. The van der Waals surface area contributed by atoms with E-state index < -0.39 is 0 Å². The lowest BCUT2D eigenvalue weighted by molar-refractivity contribution is -0.115. The first-order valence-corrected chi connectivity index (χ1v) is 6.90. The van der Waals surface area contributed by atoms with Gasteiger partial charge in [-0.3, -0.25) is 4.79 Å². The Labute approximate surface area is 124 Å². The summed E-state index contributed by atoms with van der Waals surface area (Å²) < 4.78 is 12.9. The summed E-state index contributed by atoms with van der Waals surface area (Å²) in [5.74, 6) is -0.360. The van der Waals surface area contributed by atoms with E-state index in [0.717, 1.165) is 16.8 Å². The predicted octanol–water partition coefficient (Wildman–Crippen LogP) is 3.42. The zero-order valence-corrected chi connectivity index (χ0v) is 12.2. The molecule has 3 nitrogen and oxygen atoms in total. The van der Waals surface area contributed by atoms with Crippen LogP contribution >= 0.6 is 0 Å². The van der Waals surface area contributed by atoms with Crippen molar-refractivity contribution in [1.82, 2.24) is 5.32 Å². The first-order valence-electron chi connectivity index (χ1n) is 6.90. The number of aryl methyl sites for hydroxylation is 1. The molecule has 0 saturated heterocycles. The Morgan fingerprint density at radius 3 is 2.48 bits per heavy atom. The van der Waals surface area contributed by atoms with Gasteiger partial charge in [0.05, 0.1) is 6.54 Å². The highest BCUT2D eigenvalue weighted by molar-refractivity contribution is 5.92. The molecule has 0 aliphatic carbocycles. The van der Waals surface area contributed by atoms with Crippen LogP contribution < -0.4 is 10.6 Å². The monoisotopic (exact) mass is 286 g/mol. The maximum atomic E-state index is 12.9. The maximum Gasteiger partial charge on any atom is 0.238 e. The highest BCUT2D eigenvalue weighted by atomic mass is 19.1. The van der Waals surface area contributed by atoms with Gasteiger partial charge in [-0.05, 0) is 43.2 Å². The van der Waals surface area contributed by atoms with Crippen LogP contribution in [0.5, 0.6) is 0 Å². The SMILES string of the molecule is Cc1ccccc1NC(=O)CN[C@H](C)c1ccc(F)cc1. The number of anilines is 1. The molecule has 0 radical (unpaired) electrons. The van der Waals surface area contributed by atoms with E-state index in [1.165, 1.54) is 12.1 Å². The molecule has 2 N–H and O–H groups in total. The lowest BCUT2D eigenvalue weighted by Gasteiger charge is -2.14. The molecular formula is C17H19FN2O. The van der Waals surface area contributed by atoms with Gasteiger partial charge in [0.1, 0.15) is 5.82 Å². The van der Waals surface area contributed by atoms with Crippen LogP contribution in [-0.4, -0.2) is 12.5 Å². The summed E-state index contributed by atoms with van der Waals surface area (Å²) in [6.07, 6.45) is 0. The number of halogens is 1. The number of carbonyl (C=O) groups excluding carboxylic acids is 1. The van der Waals surface area contributed by atoms with Gasteiger partial charge in [-0.1, -0.05) is 30.3 Å². The maximum absolute atomic E-state index is 12.9. The van der Waals surface area contributed by atoms with E-state index in [0.29, 0.717) is 0 Å². The molecule has 0 unspecified atom stereocenters. The van der Waals surface area contributed by atoms with Gasteiger partial charge in [-0.25, -0.2) is 4.39 Å². The Morgan fingerprint density at radius 2 is 1.81 bits per heavy atom. The first kappa shape index (κ1) is 15.2. The van der Waals surface area contributed by atoms with Crippen LogP contribution in [0.15, 0.2) is 48.5 Å². The van der Waals surface area contributed by atoms with Gasteiger partial charge in [0.15, 0.2) is 0 Å². The molecule has 2 aromatic rings. The van der Waals surface area contributed by atoms with Crippen LogP contribution in [0.2, 0.25) is 0 Å². The van der Waals surface area contributed by atoms with E-state index in [1.54, 1.807) is 12.1 Å². The Bertz CT molecular complexity index is 610. The summed E-state index contributed by atoms with van der Waals surface area (Å²) in [6.45, 7) is 4.09. The topological polar surface area (TPSA) is 41.1 Å². The van der Waals surface area contributed by atoms with E-state index in [1.807, 2.05) is 38.1 Å². The van der Waals surface area contributed by atoms with Gasteiger partial charge in [-0.2, -0.15) is 0 Å².